The summed E-state index contributed by atoms with van der Waals surface area (Å²) in [5.74, 6) is 0. The first kappa shape index (κ1) is 13.3. The maximum Gasteiger partial charge on any atom is 0.250 e. The van der Waals surface area contributed by atoms with E-state index in [1.54, 1.807) is 17.5 Å². The number of aryl methyl sites for hydroxylation is 1. The number of fused-ring (bicyclic) bond motifs is 1. The first-order valence-corrected chi connectivity index (χ1v) is 8.39. The highest BCUT2D eigenvalue weighted by Crippen LogP contribution is 2.16. The summed E-state index contributed by atoms with van der Waals surface area (Å²) in [5, 5.41) is 1.74. The minimum atomic E-state index is -3.44. The van der Waals surface area contributed by atoms with Gasteiger partial charge in [0, 0.05) is 11.9 Å². The van der Waals surface area contributed by atoms with Crippen LogP contribution in [0.15, 0.2) is 46.1 Å². The number of hydrogen-bond acceptors (Lipinski definition) is 4. The number of hydrogen-bond donors (Lipinski definition) is 1. The Bertz CT molecular complexity index is 836. The number of thiophene rings is 1. The molecule has 5 nitrogen and oxygen atoms in total. The zero-order valence-electron chi connectivity index (χ0n) is 10.8. The molecule has 0 amide bonds. The van der Waals surface area contributed by atoms with Crippen molar-refractivity contribution in [1.82, 2.24) is 14.1 Å². The van der Waals surface area contributed by atoms with Crippen molar-refractivity contribution < 1.29 is 8.42 Å². The van der Waals surface area contributed by atoms with Gasteiger partial charge in [-0.3, -0.25) is 0 Å². The summed E-state index contributed by atoms with van der Waals surface area (Å²) < 4.78 is 28.8. The summed E-state index contributed by atoms with van der Waals surface area (Å²) in [6.45, 7) is 2.16. The summed E-state index contributed by atoms with van der Waals surface area (Å²) in [6, 6.07) is 9.10. The number of imidazole rings is 1. The molecule has 3 heterocycles. The van der Waals surface area contributed by atoms with Gasteiger partial charge in [0.1, 0.15) is 9.86 Å². The summed E-state index contributed by atoms with van der Waals surface area (Å²) >= 11 is 1.20. The Labute approximate surface area is 121 Å². The molecule has 104 valence electrons. The molecule has 3 rings (SSSR count). The topological polar surface area (TPSA) is 63.5 Å². The van der Waals surface area contributed by atoms with Gasteiger partial charge in [-0.25, -0.2) is 18.1 Å². The van der Waals surface area contributed by atoms with Gasteiger partial charge in [0.25, 0.3) is 0 Å². The van der Waals surface area contributed by atoms with Gasteiger partial charge in [0.15, 0.2) is 0 Å². The fourth-order valence-electron chi connectivity index (χ4n) is 1.94. The Morgan fingerprint density at radius 3 is 2.85 bits per heavy atom. The highest BCUT2D eigenvalue weighted by molar-refractivity contribution is 7.91. The van der Waals surface area contributed by atoms with Gasteiger partial charge in [-0.1, -0.05) is 12.1 Å². The van der Waals surface area contributed by atoms with E-state index in [1.807, 2.05) is 35.7 Å². The van der Waals surface area contributed by atoms with Crippen molar-refractivity contribution in [1.29, 1.82) is 0 Å². The minimum absolute atomic E-state index is 0.182. The molecule has 0 unspecified atom stereocenters. The van der Waals surface area contributed by atoms with Crippen molar-refractivity contribution in [2.24, 2.45) is 0 Å². The van der Waals surface area contributed by atoms with Gasteiger partial charge in [-0.15, -0.1) is 11.3 Å². The predicted molar refractivity (Wildman–Crippen MR) is 78.3 cm³/mol. The second-order valence-electron chi connectivity index (χ2n) is 4.38. The molecule has 0 spiro atoms. The molecule has 0 aromatic carbocycles. The maximum absolute atomic E-state index is 12.0. The van der Waals surface area contributed by atoms with Gasteiger partial charge >= 0.3 is 0 Å². The van der Waals surface area contributed by atoms with E-state index in [4.69, 9.17) is 0 Å². The van der Waals surface area contributed by atoms with E-state index in [-0.39, 0.29) is 6.54 Å². The molecule has 0 aliphatic rings. The summed E-state index contributed by atoms with van der Waals surface area (Å²) in [4.78, 5) is 4.40. The first-order valence-electron chi connectivity index (χ1n) is 6.03. The molecule has 0 atom stereocenters. The lowest BCUT2D eigenvalue weighted by atomic mass is 10.4. The summed E-state index contributed by atoms with van der Waals surface area (Å²) in [5.41, 5.74) is 2.57. The molecule has 1 N–H and O–H groups in total. The van der Waals surface area contributed by atoms with Crippen LogP contribution < -0.4 is 4.72 Å². The molecule has 3 aromatic heterocycles. The van der Waals surface area contributed by atoms with Crippen LogP contribution >= 0.6 is 11.3 Å². The molecule has 0 saturated heterocycles. The van der Waals surface area contributed by atoms with Gasteiger partial charge in [0.05, 0.1) is 12.2 Å². The van der Waals surface area contributed by atoms with Gasteiger partial charge in [0.2, 0.25) is 10.0 Å². The lowest BCUT2D eigenvalue weighted by Gasteiger charge is -2.01. The Morgan fingerprint density at radius 2 is 2.15 bits per heavy atom. The molecule has 0 radical (unpaired) electrons. The van der Waals surface area contributed by atoms with Crippen molar-refractivity contribution in [3.63, 3.8) is 0 Å². The fraction of sp³-hybridized carbons (Fsp3) is 0.154. The Balaban J connectivity index is 1.82. The smallest absolute Gasteiger partial charge is 0.250 e. The third-order valence-electron chi connectivity index (χ3n) is 2.95. The van der Waals surface area contributed by atoms with Crippen molar-refractivity contribution in [2.75, 3.05) is 0 Å². The van der Waals surface area contributed by atoms with E-state index in [0.717, 1.165) is 11.3 Å². The number of nitrogens with zero attached hydrogens (tertiary/aromatic N) is 2. The van der Waals surface area contributed by atoms with Crippen molar-refractivity contribution in [2.45, 2.75) is 17.7 Å². The molecule has 7 heteroatoms. The Hall–Kier alpha value is -1.70. The van der Waals surface area contributed by atoms with Crippen LogP contribution in [0.3, 0.4) is 0 Å². The molecule has 0 saturated carbocycles. The highest BCUT2D eigenvalue weighted by Gasteiger charge is 2.15. The van der Waals surface area contributed by atoms with Gasteiger partial charge in [-0.05, 0) is 30.5 Å². The van der Waals surface area contributed by atoms with Crippen LogP contribution in [-0.4, -0.2) is 17.8 Å². The van der Waals surface area contributed by atoms with Crippen LogP contribution in [0.5, 0.6) is 0 Å². The SMILES string of the molecule is Cc1cccc2nc(CNS(=O)(=O)c3cccs3)cn12. The first-order chi connectivity index (χ1) is 9.56. The molecule has 3 aromatic rings. The molecule has 0 fully saturated rings. The lowest BCUT2D eigenvalue weighted by Crippen LogP contribution is -2.22. The fourth-order valence-corrected chi connectivity index (χ4v) is 3.98. The summed E-state index contributed by atoms with van der Waals surface area (Å²) in [6.07, 6.45) is 1.85. The second-order valence-corrected chi connectivity index (χ2v) is 7.33. The molecule has 0 aliphatic heterocycles. The van der Waals surface area contributed by atoms with Crippen LogP contribution in [0.4, 0.5) is 0 Å². The van der Waals surface area contributed by atoms with E-state index in [0.29, 0.717) is 9.90 Å². The van der Waals surface area contributed by atoms with Crippen LogP contribution in [0, 0.1) is 6.92 Å². The minimum Gasteiger partial charge on any atom is -0.304 e. The zero-order valence-corrected chi connectivity index (χ0v) is 12.4. The van der Waals surface area contributed by atoms with E-state index in [9.17, 15) is 8.42 Å². The second kappa shape index (κ2) is 5.01. The van der Waals surface area contributed by atoms with Crippen molar-refractivity contribution >= 4 is 27.0 Å². The van der Waals surface area contributed by atoms with Gasteiger partial charge in [-0.2, -0.15) is 0 Å². The van der Waals surface area contributed by atoms with E-state index >= 15 is 0 Å². The summed E-state index contributed by atoms with van der Waals surface area (Å²) in [7, 11) is -3.44. The van der Waals surface area contributed by atoms with Crippen LogP contribution in [-0.2, 0) is 16.6 Å². The predicted octanol–water partition coefficient (Wildman–Crippen LogP) is 2.18. The lowest BCUT2D eigenvalue weighted by molar-refractivity contribution is 0.583. The molecule has 0 bridgehead atoms. The monoisotopic (exact) mass is 307 g/mol. The van der Waals surface area contributed by atoms with Crippen LogP contribution in [0.1, 0.15) is 11.4 Å². The average molecular weight is 307 g/mol. The third-order valence-corrected chi connectivity index (χ3v) is 5.75. The number of aromatic nitrogens is 2. The van der Waals surface area contributed by atoms with Crippen molar-refractivity contribution in [3.05, 3.63) is 53.3 Å². The third kappa shape index (κ3) is 2.47. The zero-order chi connectivity index (χ0) is 14.2. The number of sulfonamides is 1. The van der Waals surface area contributed by atoms with E-state index in [2.05, 4.69) is 9.71 Å². The molecular formula is C13H13N3O2S2. The average Bonchev–Trinajstić information content (AvgIpc) is 3.06. The quantitative estimate of drug-likeness (QED) is 0.803. The van der Waals surface area contributed by atoms with Crippen molar-refractivity contribution in [3.8, 4) is 0 Å². The van der Waals surface area contributed by atoms with Crippen LogP contribution in [0.25, 0.3) is 5.65 Å². The maximum atomic E-state index is 12.0. The number of nitrogens with one attached hydrogen (secondary N) is 1. The van der Waals surface area contributed by atoms with Gasteiger partial charge < -0.3 is 4.40 Å². The van der Waals surface area contributed by atoms with E-state index < -0.39 is 10.0 Å². The highest BCUT2D eigenvalue weighted by atomic mass is 32.2. The molecule has 20 heavy (non-hydrogen) atoms. The largest absolute Gasteiger partial charge is 0.304 e. The molecular weight excluding hydrogens is 294 g/mol. The standard InChI is InChI=1S/C13H13N3O2S2/c1-10-4-2-5-12-15-11(9-16(10)12)8-14-20(17,18)13-6-3-7-19-13/h2-7,9,14H,8H2,1H3. The number of pyridine rings is 1. The molecule has 0 aliphatic carbocycles. The van der Waals surface area contributed by atoms with Crippen LogP contribution in [0.2, 0.25) is 0 Å². The van der Waals surface area contributed by atoms with E-state index in [1.165, 1.54) is 11.3 Å². The Kier molecular flexibility index (Phi) is 3.33. The Morgan fingerprint density at radius 1 is 1.30 bits per heavy atom. The normalized spacial score (nSPS) is 12.1. The number of rotatable bonds is 4.